The van der Waals surface area contributed by atoms with Crippen molar-refractivity contribution in [2.45, 2.75) is 264 Å². The lowest BCUT2D eigenvalue weighted by atomic mass is 10.0. The van der Waals surface area contributed by atoms with Gasteiger partial charge in [0, 0.05) is 19.3 Å². The molecule has 0 aromatic carbocycles. The molecule has 0 spiro atoms. The van der Waals surface area contributed by atoms with Crippen LogP contribution in [0.15, 0.2) is 85.1 Å². The number of allylic oxidation sites excluding steroid dienone is 14. The average molecular weight is 919 g/mol. The maximum absolute atomic E-state index is 12.8. The quantitative estimate of drug-likeness (QED) is 0.0262. The molecule has 0 amide bonds. The monoisotopic (exact) mass is 919 g/mol. The Balaban J connectivity index is 4.49. The van der Waals surface area contributed by atoms with Crippen molar-refractivity contribution in [2.75, 3.05) is 13.2 Å². The van der Waals surface area contributed by atoms with Crippen LogP contribution in [0.3, 0.4) is 0 Å². The summed E-state index contributed by atoms with van der Waals surface area (Å²) in [6.07, 6.45) is 70.1. The maximum atomic E-state index is 12.8. The standard InChI is InChI=1S/C60H102O6/c1-4-7-10-13-16-19-22-25-28-30-33-35-38-41-44-47-50-53-59(62)65-56-57(55-64-58(61)52-49-46-43-40-37-34-31-27-24-21-18-15-12-9-6-3)66-60(63)54-51-48-45-42-39-36-32-29-26-23-20-17-14-11-8-5-2/h8,11,16-17,19-20,25-26,28-29,36,39,45,48,57H,4-7,9-10,12-15,18,21-24,27,30-35,37-38,40-44,46-47,49-56H2,1-3H3/b11-8-,19-16-,20-17-,28-25-,29-26-,39-36-,48-45-. The van der Waals surface area contributed by atoms with Gasteiger partial charge in [-0.1, -0.05) is 241 Å². The lowest BCUT2D eigenvalue weighted by Gasteiger charge is -2.18. The first-order chi connectivity index (χ1) is 32.5. The molecular weight excluding hydrogens is 817 g/mol. The molecule has 0 aliphatic heterocycles. The summed E-state index contributed by atoms with van der Waals surface area (Å²) in [5.41, 5.74) is 0. The van der Waals surface area contributed by atoms with Crippen LogP contribution in [0.2, 0.25) is 0 Å². The largest absolute Gasteiger partial charge is 0.462 e. The summed E-state index contributed by atoms with van der Waals surface area (Å²) in [5.74, 6) is -0.994. The van der Waals surface area contributed by atoms with Crippen molar-refractivity contribution in [1.82, 2.24) is 0 Å². The molecule has 0 N–H and O–H groups in total. The van der Waals surface area contributed by atoms with Gasteiger partial charge in [0.1, 0.15) is 13.2 Å². The molecule has 1 unspecified atom stereocenters. The highest BCUT2D eigenvalue weighted by atomic mass is 16.6. The SMILES string of the molecule is CC/C=C\C/C=C\C/C=C\C/C=C\C/C=C\CCC(=O)OC(COC(=O)CCCCCCCCC/C=C\C/C=C\CCCCC)COC(=O)CCCCCCCCCCCCCCCCC. The van der Waals surface area contributed by atoms with E-state index in [0.717, 1.165) is 83.5 Å². The zero-order valence-corrected chi connectivity index (χ0v) is 43.2. The minimum absolute atomic E-state index is 0.107. The first-order valence-corrected chi connectivity index (χ1v) is 27.6. The number of esters is 3. The minimum Gasteiger partial charge on any atom is -0.462 e. The second-order valence-corrected chi connectivity index (χ2v) is 18.1. The predicted octanol–water partition coefficient (Wildman–Crippen LogP) is 18.4. The fourth-order valence-corrected chi connectivity index (χ4v) is 7.52. The van der Waals surface area contributed by atoms with Crippen molar-refractivity contribution in [2.24, 2.45) is 0 Å². The summed E-state index contributed by atoms with van der Waals surface area (Å²) in [6.45, 7) is 6.44. The number of ether oxygens (including phenoxy) is 3. The molecule has 0 saturated heterocycles. The van der Waals surface area contributed by atoms with Crippen LogP contribution in [0, 0.1) is 0 Å². The van der Waals surface area contributed by atoms with Crippen molar-refractivity contribution in [3.8, 4) is 0 Å². The molecule has 0 aromatic heterocycles. The van der Waals surface area contributed by atoms with E-state index in [-0.39, 0.29) is 31.6 Å². The van der Waals surface area contributed by atoms with Gasteiger partial charge in [0.2, 0.25) is 0 Å². The summed E-state index contributed by atoms with van der Waals surface area (Å²) in [7, 11) is 0. The Hall–Kier alpha value is -3.41. The summed E-state index contributed by atoms with van der Waals surface area (Å²) in [4.78, 5) is 38.1. The van der Waals surface area contributed by atoms with E-state index in [1.54, 1.807) is 0 Å². The molecule has 6 nitrogen and oxygen atoms in total. The normalized spacial score (nSPS) is 12.7. The van der Waals surface area contributed by atoms with Gasteiger partial charge < -0.3 is 14.2 Å². The molecule has 0 fully saturated rings. The van der Waals surface area contributed by atoms with Crippen LogP contribution in [0.25, 0.3) is 0 Å². The molecule has 0 rings (SSSR count). The van der Waals surface area contributed by atoms with Crippen molar-refractivity contribution < 1.29 is 28.6 Å². The van der Waals surface area contributed by atoms with E-state index >= 15 is 0 Å². The Morgan fingerprint density at radius 1 is 0.318 bits per heavy atom. The van der Waals surface area contributed by atoms with Crippen LogP contribution >= 0.6 is 0 Å². The van der Waals surface area contributed by atoms with E-state index in [1.165, 1.54) is 128 Å². The zero-order chi connectivity index (χ0) is 47.9. The van der Waals surface area contributed by atoms with Gasteiger partial charge in [0.05, 0.1) is 0 Å². The number of hydrogen-bond acceptors (Lipinski definition) is 6. The van der Waals surface area contributed by atoms with Gasteiger partial charge in [0.15, 0.2) is 6.10 Å². The predicted molar refractivity (Wildman–Crippen MR) is 284 cm³/mol. The van der Waals surface area contributed by atoms with Crippen molar-refractivity contribution in [3.05, 3.63) is 85.1 Å². The summed E-state index contributed by atoms with van der Waals surface area (Å²) >= 11 is 0. The van der Waals surface area contributed by atoms with Gasteiger partial charge in [-0.3, -0.25) is 14.4 Å². The Bertz CT molecular complexity index is 1290. The third-order valence-corrected chi connectivity index (χ3v) is 11.6. The molecule has 1 atom stereocenters. The number of rotatable bonds is 49. The van der Waals surface area contributed by atoms with Crippen LogP contribution in [-0.2, 0) is 28.6 Å². The molecule has 0 heterocycles. The smallest absolute Gasteiger partial charge is 0.306 e. The fraction of sp³-hybridized carbons (Fsp3) is 0.717. The minimum atomic E-state index is -0.818. The van der Waals surface area contributed by atoms with Crippen LogP contribution < -0.4 is 0 Å². The summed E-state index contributed by atoms with van der Waals surface area (Å²) in [5, 5.41) is 0. The van der Waals surface area contributed by atoms with Crippen LogP contribution in [0.5, 0.6) is 0 Å². The third-order valence-electron chi connectivity index (χ3n) is 11.6. The van der Waals surface area contributed by atoms with Crippen molar-refractivity contribution in [1.29, 1.82) is 0 Å². The van der Waals surface area contributed by atoms with E-state index in [0.29, 0.717) is 19.3 Å². The van der Waals surface area contributed by atoms with E-state index in [1.807, 2.05) is 12.2 Å². The lowest BCUT2D eigenvalue weighted by Crippen LogP contribution is -2.30. The molecule has 66 heavy (non-hydrogen) atoms. The van der Waals surface area contributed by atoms with E-state index < -0.39 is 12.1 Å². The zero-order valence-electron chi connectivity index (χ0n) is 43.2. The fourth-order valence-electron chi connectivity index (χ4n) is 7.52. The maximum Gasteiger partial charge on any atom is 0.306 e. The molecule has 378 valence electrons. The highest BCUT2D eigenvalue weighted by molar-refractivity contribution is 5.71. The topological polar surface area (TPSA) is 78.9 Å². The van der Waals surface area contributed by atoms with E-state index in [4.69, 9.17) is 14.2 Å². The number of carbonyl (C=O) groups is 3. The van der Waals surface area contributed by atoms with Gasteiger partial charge >= 0.3 is 17.9 Å². The molecule has 0 aliphatic carbocycles. The van der Waals surface area contributed by atoms with Crippen molar-refractivity contribution >= 4 is 17.9 Å². The molecule has 0 bridgehead atoms. The Morgan fingerprint density at radius 2 is 0.621 bits per heavy atom. The molecule has 0 aliphatic rings. The Morgan fingerprint density at radius 3 is 1.02 bits per heavy atom. The van der Waals surface area contributed by atoms with Crippen LogP contribution in [-0.4, -0.2) is 37.2 Å². The average Bonchev–Trinajstić information content (AvgIpc) is 3.31. The number of carbonyl (C=O) groups excluding carboxylic acids is 3. The summed E-state index contributed by atoms with van der Waals surface area (Å²) < 4.78 is 16.8. The molecule has 6 heteroatoms. The highest BCUT2D eigenvalue weighted by Crippen LogP contribution is 2.15. The molecule has 0 aromatic rings. The molecule has 0 radical (unpaired) electrons. The van der Waals surface area contributed by atoms with Gasteiger partial charge in [0.25, 0.3) is 0 Å². The first-order valence-electron chi connectivity index (χ1n) is 27.6. The van der Waals surface area contributed by atoms with Gasteiger partial charge in [-0.15, -0.1) is 0 Å². The summed E-state index contributed by atoms with van der Waals surface area (Å²) in [6, 6.07) is 0. The van der Waals surface area contributed by atoms with Crippen LogP contribution in [0.4, 0.5) is 0 Å². The van der Waals surface area contributed by atoms with Crippen LogP contribution in [0.1, 0.15) is 258 Å². The molecule has 0 saturated carbocycles. The third kappa shape index (κ3) is 51.6. The van der Waals surface area contributed by atoms with Crippen molar-refractivity contribution in [3.63, 3.8) is 0 Å². The van der Waals surface area contributed by atoms with Gasteiger partial charge in [-0.25, -0.2) is 0 Å². The second-order valence-electron chi connectivity index (χ2n) is 18.1. The van der Waals surface area contributed by atoms with E-state index in [9.17, 15) is 14.4 Å². The second kappa shape index (κ2) is 54.2. The Labute approximate surface area is 407 Å². The van der Waals surface area contributed by atoms with Gasteiger partial charge in [-0.2, -0.15) is 0 Å². The number of hydrogen-bond donors (Lipinski definition) is 0. The Kier molecular flexibility index (Phi) is 51.4. The van der Waals surface area contributed by atoms with Gasteiger partial charge in [-0.05, 0) is 83.5 Å². The lowest BCUT2D eigenvalue weighted by molar-refractivity contribution is -0.166. The highest BCUT2D eigenvalue weighted by Gasteiger charge is 2.19. The first kappa shape index (κ1) is 62.6. The van der Waals surface area contributed by atoms with E-state index in [2.05, 4.69) is 93.7 Å². The molecular formula is C60H102O6. The number of unbranched alkanes of at least 4 members (excludes halogenated alkanes) is 24.